The van der Waals surface area contributed by atoms with Crippen molar-refractivity contribution in [3.05, 3.63) is 12.8 Å². The van der Waals surface area contributed by atoms with Crippen LogP contribution < -0.4 is 0 Å². The SMILES string of the molecule is C=CN(C(C)C)C(C)C.[LiH]. The van der Waals surface area contributed by atoms with Crippen molar-refractivity contribution in [2.24, 2.45) is 0 Å². The first-order chi connectivity index (χ1) is 4.09. The van der Waals surface area contributed by atoms with Gasteiger partial charge in [0.05, 0.1) is 0 Å². The van der Waals surface area contributed by atoms with Gasteiger partial charge in [0.1, 0.15) is 0 Å². The second-order valence-electron chi connectivity index (χ2n) is 2.82. The standard InChI is InChI=1S/C8H17N.Li.H/c1-6-9(7(2)3)8(4)5;;/h6-8H,1H2,2-5H3;;. The Morgan fingerprint density at radius 1 is 1.10 bits per heavy atom. The van der Waals surface area contributed by atoms with Gasteiger partial charge in [-0.25, -0.2) is 0 Å². The Morgan fingerprint density at radius 3 is 1.40 bits per heavy atom. The molecule has 0 aromatic carbocycles. The van der Waals surface area contributed by atoms with Crippen LogP contribution in [0, 0.1) is 0 Å². The summed E-state index contributed by atoms with van der Waals surface area (Å²) in [7, 11) is 0. The van der Waals surface area contributed by atoms with E-state index in [0.717, 1.165) is 0 Å². The molecule has 0 fully saturated rings. The molecule has 0 aliphatic carbocycles. The van der Waals surface area contributed by atoms with Gasteiger partial charge in [-0.05, 0) is 33.9 Å². The molecular formula is C8H18LiN. The average Bonchev–Trinajstić information content (AvgIpc) is 1.64. The fourth-order valence-electron chi connectivity index (χ4n) is 1.02. The Bertz CT molecular complexity index is 81.3. The first-order valence-electron chi connectivity index (χ1n) is 3.49. The van der Waals surface area contributed by atoms with Crippen LogP contribution in [0.5, 0.6) is 0 Å². The summed E-state index contributed by atoms with van der Waals surface area (Å²) < 4.78 is 0. The van der Waals surface area contributed by atoms with Crippen LogP contribution in [0.3, 0.4) is 0 Å². The van der Waals surface area contributed by atoms with Gasteiger partial charge in [-0.3, -0.25) is 0 Å². The molecule has 0 unspecified atom stereocenters. The van der Waals surface area contributed by atoms with Gasteiger partial charge in [-0.2, -0.15) is 0 Å². The monoisotopic (exact) mass is 135 g/mol. The number of hydrogen-bond donors (Lipinski definition) is 0. The van der Waals surface area contributed by atoms with Crippen molar-refractivity contribution in [3.63, 3.8) is 0 Å². The predicted molar refractivity (Wildman–Crippen MR) is 49.5 cm³/mol. The minimum atomic E-state index is 0. The van der Waals surface area contributed by atoms with Crippen LogP contribution in [0.4, 0.5) is 0 Å². The molecule has 0 aromatic heterocycles. The van der Waals surface area contributed by atoms with E-state index >= 15 is 0 Å². The number of nitrogens with zero attached hydrogens (tertiary/aromatic N) is 1. The molecular weight excluding hydrogens is 117 g/mol. The Hall–Kier alpha value is 0.137. The average molecular weight is 135 g/mol. The van der Waals surface area contributed by atoms with Crippen molar-refractivity contribution in [2.75, 3.05) is 0 Å². The van der Waals surface area contributed by atoms with Gasteiger partial charge < -0.3 is 4.90 Å². The summed E-state index contributed by atoms with van der Waals surface area (Å²) in [6.45, 7) is 12.4. The Kier molecular flexibility index (Phi) is 7.53. The molecule has 0 bridgehead atoms. The normalized spacial score (nSPS) is 9.40. The maximum absolute atomic E-state index is 3.73. The van der Waals surface area contributed by atoms with E-state index in [1.165, 1.54) is 0 Å². The molecule has 2 heteroatoms. The summed E-state index contributed by atoms with van der Waals surface area (Å²) in [5.41, 5.74) is 0. The first kappa shape index (κ1) is 12.8. The van der Waals surface area contributed by atoms with Gasteiger partial charge in [0.2, 0.25) is 0 Å². The molecule has 0 atom stereocenters. The van der Waals surface area contributed by atoms with Crippen LogP contribution in [-0.4, -0.2) is 35.8 Å². The third-order valence-corrected chi connectivity index (χ3v) is 1.40. The van der Waals surface area contributed by atoms with Gasteiger partial charge in [0.15, 0.2) is 0 Å². The molecule has 0 amide bonds. The third kappa shape index (κ3) is 4.03. The van der Waals surface area contributed by atoms with Crippen molar-refractivity contribution in [3.8, 4) is 0 Å². The topological polar surface area (TPSA) is 3.24 Å². The van der Waals surface area contributed by atoms with Gasteiger partial charge in [-0.15, -0.1) is 0 Å². The van der Waals surface area contributed by atoms with E-state index in [1.807, 2.05) is 6.20 Å². The summed E-state index contributed by atoms with van der Waals surface area (Å²) in [5.74, 6) is 0. The molecule has 0 aromatic rings. The van der Waals surface area contributed by atoms with Crippen molar-refractivity contribution >= 4 is 18.9 Å². The van der Waals surface area contributed by atoms with Crippen LogP contribution in [-0.2, 0) is 0 Å². The summed E-state index contributed by atoms with van der Waals surface area (Å²) in [4.78, 5) is 2.22. The second-order valence-corrected chi connectivity index (χ2v) is 2.82. The van der Waals surface area contributed by atoms with E-state index in [2.05, 4.69) is 39.2 Å². The maximum atomic E-state index is 3.73. The molecule has 0 saturated heterocycles. The molecule has 0 aliphatic heterocycles. The van der Waals surface area contributed by atoms with Gasteiger partial charge in [0.25, 0.3) is 0 Å². The first-order valence-corrected chi connectivity index (χ1v) is 3.49. The third-order valence-electron chi connectivity index (χ3n) is 1.40. The Balaban J connectivity index is 0. The zero-order valence-corrected chi connectivity index (χ0v) is 6.89. The molecule has 0 aliphatic rings. The van der Waals surface area contributed by atoms with E-state index in [4.69, 9.17) is 0 Å². The van der Waals surface area contributed by atoms with Gasteiger partial charge >= 0.3 is 18.9 Å². The quantitative estimate of drug-likeness (QED) is 0.531. The van der Waals surface area contributed by atoms with Crippen LogP contribution in [0.15, 0.2) is 12.8 Å². The van der Waals surface area contributed by atoms with Crippen LogP contribution in [0.25, 0.3) is 0 Å². The van der Waals surface area contributed by atoms with E-state index < -0.39 is 0 Å². The summed E-state index contributed by atoms with van der Waals surface area (Å²) in [6, 6.07) is 1.14. The van der Waals surface area contributed by atoms with E-state index in [9.17, 15) is 0 Å². The van der Waals surface area contributed by atoms with E-state index in [-0.39, 0.29) is 18.9 Å². The van der Waals surface area contributed by atoms with Crippen molar-refractivity contribution in [2.45, 2.75) is 39.8 Å². The molecule has 1 nitrogen and oxygen atoms in total. The molecule has 0 spiro atoms. The summed E-state index contributed by atoms with van der Waals surface area (Å²) in [5, 5.41) is 0. The molecule has 10 heavy (non-hydrogen) atoms. The fraction of sp³-hybridized carbons (Fsp3) is 0.750. The molecule has 0 heterocycles. The van der Waals surface area contributed by atoms with Gasteiger partial charge in [0, 0.05) is 12.1 Å². The Labute approximate surface area is 76.7 Å². The number of hydrogen-bond acceptors (Lipinski definition) is 1. The van der Waals surface area contributed by atoms with Crippen LogP contribution in [0.1, 0.15) is 27.7 Å². The van der Waals surface area contributed by atoms with Crippen LogP contribution >= 0.6 is 0 Å². The van der Waals surface area contributed by atoms with Crippen molar-refractivity contribution in [1.29, 1.82) is 0 Å². The molecule has 0 saturated carbocycles. The Morgan fingerprint density at radius 2 is 1.40 bits per heavy atom. The molecule has 0 rings (SSSR count). The molecule has 56 valence electrons. The van der Waals surface area contributed by atoms with E-state index in [0.29, 0.717) is 12.1 Å². The van der Waals surface area contributed by atoms with Crippen molar-refractivity contribution < 1.29 is 0 Å². The minimum absolute atomic E-state index is 0. The molecule has 0 radical (unpaired) electrons. The zero-order chi connectivity index (χ0) is 7.44. The predicted octanol–water partition coefficient (Wildman–Crippen LogP) is 1.60. The van der Waals surface area contributed by atoms with Gasteiger partial charge in [-0.1, -0.05) is 6.58 Å². The molecule has 0 N–H and O–H groups in total. The zero-order valence-electron chi connectivity index (χ0n) is 6.89. The second kappa shape index (κ2) is 5.89. The number of rotatable bonds is 3. The summed E-state index contributed by atoms with van der Waals surface area (Å²) >= 11 is 0. The fourth-order valence-corrected chi connectivity index (χ4v) is 1.02. The van der Waals surface area contributed by atoms with Crippen LogP contribution in [0.2, 0.25) is 0 Å². The van der Waals surface area contributed by atoms with E-state index in [1.54, 1.807) is 0 Å². The summed E-state index contributed by atoms with van der Waals surface area (Å²) in [6.07, 6.45) is 1.90. The van der Waals surface area contributed by atoms with Crippen molar-refractivity contribution in [1.82, 2.24) is 4.90 Å².